The summed E-state index contributed by atoms with van der Waals surface area (Å²) in [6, 6.07) is 12.8. The van der Waals surface area contributed by atoms with Crippen molar-refractivity contribution in [2.24, 2.45) is 4.99 Å². The fourth-order valence-corrected chi connectivity index (χ4v) is 2.15. The molecule has 1 unspecified atom stereocenters. The Morgan fingerprint density at radius 2 is 1.88 bits per heavy atom. The van der Waals surface area contributed by atoms with E-state index in [1.54, 1.807) is 19.2 Å². The molecule has 0 aliphatic rings. The Kier molecular flexibility index (Phi) is 5.85. The maximum Gasteiger partial charge on any atom is 0.191 e. The second-order valence-electron chi connectivity index (χ2n) is 5.27. The van der Waals surface area contributed by atoms with Crippen LogP contribution >= 0.6 is 0 Å². The molecule has 0 heterocycles. The van der Waals surface area contributed by atoms with Crippen molar-refractivity contribution < 1.29 is 8.78 Å². The Labute approximate surface area is 139 Å². The quantitative estimate of drug-likeness (QED) is 0.669. The van der Waals surface area contributed by atoms with Gasteiger partial charge in [0, 0.05) is 13.6 Å². The highest BCUT2D eigenvalue weighted by Gasteiger charge is 2.10. The van der Waals surface area contributed by atoms with E-state index in [4.69, 9.17) is 5.26 Å². The van der Waals surface area contributed by atoms with Gasteiger partial charge in [0.15, 0.2) is 17.6 Å². The maximum absolute atomic E-state index is 13.3. The van der Waals surface area contributed by atoms with Crippen LogP contribution < -0.4 is 10.6 Å². The van der Waals surface area contributed by atoms with Crippen molar-refractivity contribution in [2.45, 2.75) is 19.5 Å². The Morgan fingerprint density at radius 3 is 2.46 bits per heavy atom. The summed E-state index contributed by atoms with van der Waals surface area (Å²) in [6.07, 6.45) is 0. The Morgan fingerprint density at radius 1 is 1.17 bits per heavy atom. The molecule has 0 spiro atoms. The molecule has 0 saturated carbocycles. The zero-order valence-electron chi connectivity index (χ0n) is 13.5. The van der Waals surface area contributed by atoms with Crippen molar-refractivity contribution in [1.29, 1.82) is 5.26 Å². The van der Waals surface area contributed by atoms with Gasteiger partial charge in [-0.1, -0.05) is 18.2 Å². The summed E-state index contributed by atoms with van der Waals surface area (Å²) in [7, 11) is 1.63. The highest BCUT2D eigenvalue weighted by atomic mass is 19.2. The molecular weight excluding hydrogens is 310 g/mol. The predicted octanol–water partition coefficient (Wildman–Crippen LogP) is 3.26. The number of hydrogen-bond donors (Lipinski definition) is 2. The van der Waals surface area contributed by atoms with Gasteiger partial charge in [-0.3, -0.25) is 4.99 Å². The molecule has 0 fully saturated rings. The number of nitrogens with one attached hydrogen (secondary N) is 2. The fraction of sp³-hybridized carbons (Fsp3) is 0.222. The van der Waals surface area contributed by atoms with Gasteiger partial charge in [-0.05, 0) is 42.3 Å². The molecule has 0 aromatic heterocycles. The van der Waals surface area contributed by atoms with Gasteiger partial charge in [0.2, 0.25) is 0 Å². The normalized spacial score (nSPS) is 12.4. The third kappa shape index (κ3) is 4.53. The average Bonchev–Trinajstić information content (AvgIpc) is 2.61. The lowest BCUT2D eigenvalue weighted by Crippen LogP contribution is -2.38. The molecule has 0 saturated heterocycles. The van der Waals surface area contributed by atoms with Crippen molar-refractivity contribution in [2.75, 3.05) is 7.05 Å². The van der Waals surface area contributed by atoms with Crippen LogP contribution in [0.1, 0.15) is 29.7 Å². The summed E-state index contributed by atoms with van der Waals surface area (Å²) >= 11 is 0. The van der Waals surface area contributed by atoms with Gasteiger partial charge in [-0.25, -0.2) is 8.78 Å². The molecule has 0 amide bonds. The number of rotatable bonds is 4. The van der Waals surface area contributed by atoms with Crippen molar-refractivity contribution in [3.05, 3.63) is 70.8 Å². The van der Waals surface area contributed by atoms with Gasteiger partial charge < -0.3 is 10.6 Å². The molecular formula is C18H18F2N4. The predicted molar refractivity (Wildman–Crippen MR) is 89.3 cm³/mol. The number of aliphatic imine (C=N–C) groups is 1. The van der Waals surface area contributed by atoms with E-state index in [2.05, 4.69) is 21.7 Å². The lowest BCUT2D eigenvalue weighted by atomic mass is 10.1. The molecule has 0 aliphatic heterocycles. The fourth-order valence-electron chi connectivity index (χ4n) is 2.15. The van der Waals surface area contributed by atoms with Crippen LogP contribution in [0.4, 0.5) is 8.78 Å². The van der Waals surface area contributed by atoms with Crippen molar-refractivity contribution in [1.82, 2.24) is 10.6 Å². The lowest BCUT2D eigenvalue weighted by molar-refractivity contribution is 0.504. The molecule has 124 valence electrons. The van der Waals surface area contributed by atoms with Gasteiger partial charge in [-0.15, -0.1) is 0 Å². The number of guanidine groups is 1. The number of nitriles is 1. The van der Waals surface area contributed by atoms with Crippen LogP contribution in [0, 0.1) is 23.0 Å². The zero-order valence-corrected chi connectivity index (χ0v) is 13.5. The van der Waals surface area contributed by atoms with Crippen molar-refractivity contribution in [3.63, 3.8) is 0 Å². The van der Waals surface area contributed by atoms with E-state index in [-0.39, 0.29) is 6.04 Å². The highest BCUT2D eigenvalue weighted by Crippen LogP contribution is 2.15. The van der Waals surface area contributed by atoms with E-state index in [9.17, 15) is 8.78 Å². The first-order valence-electron chi connectivity index (χ1n) is 7.44. The number of nitrogens with zero attached hydrogens (tertiary/aromatic N) is 2. The SMILES string of the molecule is CN=C(NCc1ccc(C#N)cc1)NC(C)c1ccc(F)c(F)c1. The van der Waals surface area contributed by atoms with E-state index < -0.39 is 11.6 Å². The zero-order chi connectivity index (χ0) is 17.5. The number of halogens is 2. The van der Waals surface area contributed by atoms with E-state index >= 15 is 0 Å². The highest BCUT2D eigenvalue weighted by molar-refractivity contribution is 5.80. The van der Waals surface area contributed by atoms with E-state index in [1.165, 1.54) is 12.1 Å². The van der Waals surface area contributed by atoms with Gasteiger partial charge >= 0.3 is 0 Å². The molecule has 2 N–H and O–H groups in total. The molecule has 4 nitrogen and oxygen atoms in total. The largest absolute Gasteiger partial charge is 0.352 e. The third-order valence-corrected chi connectivity index (χ3v) is 3.56. The molecule has 0 bridgehead atoms. The molecule has 2 aromatic carbocycles. The molecule has 2 rings (SSSR count). The van der Waals surface area contributed by atoms with Gasteiger partial charge in [0.05, 0.1) is 17.7 Å². The number of hydrogen-bond acceptors (Lipinski definition) is 2. The van der Waals surface area contributed by atoms with E-state index in [1.807, 2.05) is 19.1 Å². The third-order valence-electron chi connectivity index (χ3n) is 3.56. The number of benzene rings is 2. The van der Waals surface area contributed by atoms with E-state index in [0.29, 0.717) is 23.6 Å². The molecule has 0 radical (unpaired) electrons. The molecule has 2 aromatic rings. The van der Waals surface area contributed by atoms with Gasteiger partial charge in [0.1, 0.15) is 0 Å². The van der Waals surface area contributed by atoms with Crippen molar-refractivity contribution >= 4 is 5.96 Å². The molecule has 0 aliphatic carbocycles. The lowest BCUT2D eigenvalue weighted by Gasteiger charge is -2.18. The summed E-state index contributed by atoms with van der Waals surface area (Å²) in [4.78, 5) is 4.12. The van der Waals surface area contributed by atoms with Crippen molar-refractivity contribution in [3.8, 4) is 6.07 Å². The minimum absolute atomic E-state index is 0.243. The average molecular weight is 328 g/mol. The minimum atomic E-state index is -0.873. The van der Waals surface area contributed by atoms with Crippen LogP contribution in [-0.2, 0) is 6.54 Å². The summed E-state index contributed by atoms with van der Waals surface area (Å²) in [5, 5.41) is 15.0. The van der Waals surface area contributed by atoms with Crippen LogP contribution in [0.25, 0.3) is 0 Å². The first-order chi connectivity index (χ1) is 11.5. The first kappa shape index (κ1) is 17.4. The first-order valence-corrected chi connectivity index (χ1v) is 7.44. The Balaban J connectivity index is 1.96. The van der Waals surface area contributed by atoms with Gasteiger partial charge in [0.25, 0.3) is 0 Å². The van der Waals surface area contributed by atoms with Crippen LogP contribution in [-0.4, -0.2) is 13.0 Å². The van der Waals surface area contributed by atoms with Crippen LogP contribution in [0.5, 0.6) is 0 Å². The Bertz CT molecular complexity index is 764. The topological polar surface area (TPSA) is 60.2 Å². The summed E-state index contributed by atoms with van der Waals surface area (Å²) in [5.74, 6) is -1.20. The molecule has 6 heteroatoms. The minimum Gasteiger partial charge on any atom is -0.352 e. The van der Waals surface area contributed by atoms with Crippen LogP contribution in [0.15, 0.2) is 47.5 Å². The smallest absolute Gasteiger partial charge is 0.191 e. The summed E-state index contributed by atoms with van der Waals surface area (Å²) < 4.78 is 26.3. The Hall–Kier alpha value is -2.94. The van der Waals surface area contributed by atoms with E-state index in [0.717, 1.165) is 11.6 Å². The maximum atomic E-state index is 13.3. The van der Waals surface area contributed by atoms with Gasteiger partial charge in [-0.2, -0.15) is 5.26 Å². The standard InChI is InChI=1S/C18H18F2N4/c1-12(15-7-8-16(19)17(20)9-15)24-18(22-2)23-11-14-5-3-13(10-21)4-6-14/h3-9,12H,11H2,1-2H3,(H2,22,23,24). The van der Waals surface area contributed by atoms with Crippen LogP contribution in [0.3, 0.4) is 0 Å². The van der Waals surface area contributed by atoms with Crippen LogP contribution in [0.2, 0.25) is 0 Å². The summed E-state index contributed by atoms with van der Waals surface area (Å²) in [5.41, 5.74) is 2.22. The summed E-state index contributed by atoms with van der Waals surface area (Å²) in [6.45, 7) is 2.36. The molecule has 24 heavy (non-hydrogen) atoms. The molecule has 1 atom stereocenters. The second-order valence-corrected chi connectivity index (χ2v) is 5.27. The monoisotopic (exact) mass is 328 g/mol. The second kappa shape index (κ2) is 8.06.